The van der Waals surface area contributed by atoms with Crippen molar-refractivity contribution in [1.82, 2.24) is 0 Å². The van der Waals surface area contributed by atoms with Gasteiger partial charge in [-0.1, -0.05) is 153 Å². The highest BCUT2D eigenvalue weighted by Crippen LogP contribution is 2.53. The van der Waals surface area contributed by atoms with Gasteiger partial charge in [0.25, 0.3) is 0 Å². The van der Waals surface area contributed by atoms with Gasteiger partial charge in [-0.25, -0.2) is 0 Å². The molecular formula is C51H37NO. The Labute approximate surface area is 310 Å². The van der Waals surface area contributed by atoms with Crippen LogP contribution in [0.1, 0.15) is 25.0 Å². The molecule has 0 fully saturated rings. The van der Waals surface area contributed by atoms with Crippen molar-refractivity contribution in [3.63, 3.8) is 0 Å². The van der Waals surface area contributed by atoms with Crippen LogP contribution in [-0.4, -0.2) is 0 Å². The highest BCUT2D eigenvalue weighted by molar-refractivity contribution is 6.14. The first-order valence-corrected chi connectivity index (χ1v) is 18.3. The molecule has 0 unspecified atom stereocenters. The van der Waals surface area contributed by atoms with E-state index in [0.29, 0.717) is 0 Å². The number of rotatable bonds is 6. The Bertz CT molecular complexity index is 2690. The first kappa shape index (κ1) is 31.1. The van der Waals surface area contributed by atoms with E-state index in [-0.39, 0.29) is 5.41 Å². The van der Waals surface area contributed by atoms with Crippen molar-refractivity contribution in [2.75, 3.05) is 4.90 Å². The van der Waals surface area contributed by atoms with Crippen molar-refractivity contribution in [2.45, 2.75) is 19.3 Å². The first-order chi connectivity index (χ1) is 26.0. The fourth-order valence-electron chi connectivity index (χ4n) is 8.56. The normalized spacial score (nSPS) is 12.9. The van der Waals surface area contributed by atoms with E-state index in [1.165, 1.54) is 55.6 Å². The van der Waals surface area contributed by atoms with Crippen LogP contribution in [0.3, 0.4) is 0 Å². The summed E-state index contributed by atoms with van der Waals surface area (Å²) >= 11 is 0. The third-order valence-electron chi connectivity index (χ3n) is 11.1. The van der Waals surface area contributed by atoms with Crippen LogP contribution in [0.4, 0.5) is 17.1 Å². The molecule has 1 aliphatic carbocycles. The van der Waals surface area contributed by atoms with Gasteiger partial charge in [0.2, 0.25) is 0 Å². The molecule has 0 saturated carbocycles. The van der Waals surface area contributed by atoms with Gasteiger partial charge in [-0.05, 0) is 98.1 Å². The number of fused-ring (bicyclic) bond motifs is 6. The van der Waals surface area contributed by atoms with Gasteiger partial charge >= 0.3 is 0 Å². The smallest absolute Gasteiger partial charge is 0.137 e. The second kappa shape index (κ2) is 12.3. The second-order valence-electron chi connectivity index (χ2n) is 14.5. The molecule has 9 aromatic rings. The lowest BCUT2D eigenvalue weighted by molar-refractivity contribution is 0.662. The quantitative estimate of drug-likeness (QED) is 0.174. The van der Waals surface area contributed by atoms with Gasteiger partial charge in [-0.2, -0.15) is 0 Å². The fourth-order valence-corrected chi connectivity index (χ4v) is 8.56. The van der Waals surface area contributed by atoms with E-state index in [1.54, 1.807) is 0 Å². The molecule has 252 valence electrons. The van der Waals surface area contributed by atoms with E-state index in [1.807, 2.05) is 0 Å². The number of anilines is 3. The lowest BCUT2D eigenvalue weighted by Crippen LogP contribution is -2.16. The Balaban J connectivity index is 1.11. The number of furan rings is 1. The topological polar surface area (TPSA) is 16.4 Å². The van der Waals surface area contributed by atoms with Crippen molar-refractivity contribution < 1.29 is 4.42 Å². The molecule has 0 N–H and O–H groups in total. The molecule has 0 atom stereocenters. The van der Waals surface area contributed by atoms with Gasteiger partial charge in [0.05, 0.1) is 0 Å². The van der Waals surface area contributed by atoms with Crippen molar-refractivity contribution in [1.29, 1.82) is 0 Å². The summed E-state index contributed by atoms with van der Waals surface area (Å²) in [5, 5.41) is 2.27. The van der Waals surface area contributed by atoms with Crippen LogP contribution >= 0.6 is 0 Å². The van der Waals surface area contributed by atoms with Gasteiger partial charge in [0, 0.05) is 39.3 Å². The van der Waals surface area contributed by atoms with Gasteiger partial charge in [-0.3, -0.25) is 0 Å². The third kappa shape index (κ3) is 5.10. The molecule has 1 aliphatic rings. The SMILES string of the molecule is CC1(C)c2ccccc2-c2cccc(-c3cccc4oc5cc(N(c6ccc(-c7ccccc7)cc6)c6ccc(-c7ccccc7)cc6)ccc5c34)c21. The zero-order valence-electron chi connectivity index (χ0n) is 29.8. The molecule has 1 heterocycles. The first-order valence-electron chi connectivity index (χ1n) is 18.3. The van der Waals surface area contributed by atoms with Gasteiger partial charge in [-0.15, -0.1) is 0 Å². The van der Waals surface area contributed by atoms with E-state index in [0.717, 1.165) is 39.0 Å². The van der Waals surface area contributed by atoms with Gasteiger partial charge in [0.15, 0.2) is 0 Å². The molecule has 10 rings (SSSR count). The zero-order chi connectivity index (χ0) is 35.5. The van der Waals surface area contributed by atoms with Crippen LogP contribution in [0.25, 0.3) is 66.4 Å². The maximum absolute atomic E-state index is 6.74. The summed E-state index contributed by atoms with van der Waals surface area (Å²) in [6.45, 7) is 4.71. The van der Waals surface area contributed by atoms with E-state index in [2.05, 4.69) is 207 Å². The molecular weight excluding hydrogens is 643 g/mol. The highest BCUT2D eigenvalue weighted by atomic mass is 16.3. The molecule has 0 aliphatic heterocycles. The van der Waals surface area contributed by atoms with Crippen LogP contribution in [-0.2, 0) is 5.41 Å². The fraction of sp³-hybridized carbons (Fsp3) is 0.0588. The van der Waals surface area contributed by atoms with Crippen molar-refractivity contribution in [2.24, 2.45) is 0 Å². The Morgan fingerprint density at radius 3 is 1.53 bits per heavy atom. The number of benzene rings is 8. The Hall–Kier alpha value is -6.64. The van der Waals surface area contributed by atoms with Crippen LogP contribution < -0.4 is 4.90 Å². The Morgan fingerprint density at radius 2 is 0.887 bits per heavy atom. The molecule has 1 aromatic heterocycles. The van der Waals surface area contributed by atoms with Crippen molar-refractivity contribution in [3.8, 4) is 44.5 Å². The van der Waals surface area contributed by atoms with E-state index in [4.69, 9.17) is 4.42 Å². The predicted molar refractivity (Wildman–Crippen MR) is 222 cm³/mol. The molecule has 2 nitrogen and oxygen atoms in total. The molecule has 0 saturated heterocycles. The summed E-state index contributed by atoms with van der Waals surface area (Å²) < 4.78 is 6.74. The standard InChI is InChI=1S/C51H37NO/c1-51(2)46-21-10-9-17-41(46)43-19-11-20-44(50(43)51)42-18-12-22-47-49(42)45-32-31-40(33-48(45)53-47)52(38-27-23-36(24-28-38)34-13-5-3-6-14-34)39-29-25-37(26-30-39)35-15-7-4-8-16-35/h3-33H,1-2H3. The highest BCUT2D eigenvalue weighted by Gasteiger charge is 2.37. The van der Waals surface area contributed by atoms with Crippen molar-refractivity contribution >= 4 is 39.0 Å². The molecule has 8 aromatic carbocycles. The van der Waals surface area contributed by atoms with Crippen LogP contribution in [0.2, 0.25) is 0 Å². The zero-order valence-corrected chi connectivity index (χ0v) is 29.8. The van der Waals surface area contributed by atoms with Crippen LogP contribution in [0, 0.1) is 0 Å². The summed E-state index contributed by atoms with van der Waals surface area (Å²) in [6, 6.07) is 67.6. The average molecular weight is 680 g/mol. The van der Waals surface area contributed by atoms with Crippen LogP contribution in [0.15, 0.2) is 192 Å². The number of nitrogens with zero attached hydrogens (tertiary/aromatic N) is 1. The van der Waals surface area contributed by atoms with E-state index in [9.17, 15) is 0 Å². The lowest BCUT2D eigenvalue weighted by atomic mass is 9.78. The number of hydrogen-bond acceptors (Lipinski definition) is 2. The molecule has 2 heteroatoms. The Morgan fingerprint density at radius 1 is 0.396 bits per heavy atom. The van der Waals surface area contributed by atoms with Gasteiger partial charge < -0.3 is 9.32 Å². The average Bonchev–Trinajstić information content (AvgIpc) is 3.71. The summed E-state index contributed by atoms with van der Waals surface area (Å²) in [7, 11) is 0. The minimum atomic E-state index is -0.121. The van der Waals surface area contributed by atoms with E-state index < -0.39 is 0 Å². The largest absolute Gasteiger partial charge is 0.456 e. The minimum absolute atomic E-state index is 0.121. The summed E-state index contributed by atoms with van der Waals surface area (Å²) in [6.07, 6.45) is 0. The van der Waals surface area contributed by atoms with Crippen LogP contribution in [0.5, 0.6) is 0 Å². The van der Waals surface area contributed by atoms with E-state index >= 15 is 0 Å². The monoisotopic (exact) mass is 679 g/mol. The molecule has 0 spiro atoms. The van der Waals surface area contributed by atoms with Gasteiger partial charge in [0.1, 0.15) is 11.2 Å². The van der Waals surface area contributed by atoms with Crippen molar-refractivity contribution in [3.05, 3.63) is 199 Å². The molecule has 0 radical (unpaired) electrons. The second-order valence-corrected chi connectivity index (χ2v) is 14.5. The summed E-state index contributed by atoms with van der Waals surface area (Å²) in [4.78, 5) is 2.32. The minimum Gasteiger partial charge on any atom is -0.456 e. The predicted octanol–water partition coefficient (Wildman–Crippen LogP) is 14.4. The Kier molecular flexibility index (Phi) is 7.19. The molecule has 0 bridgehead atoms. The maximum atomic E-state index is 6.74. The third-order valence-corrected chi connectivity index (χ3v) is 11.1. The maximum Gasteiger partial charge on any atom is 0.137 e. The summed E-state index contributed by atoms with van der Waals surface area (Å²) in [5.74, 6) is 0. The molecule has 0 amide bonds. The number of hydrogen-bond donors (Lipinski definition) is 0. The lowest BCUT2D eigenvalue weighted by Gasteiger charge is -2.26. The summed E-state index contributed by atoms with van der Waals surface area (Å²) in [5.41, 5.74) is 17.5. The molecule has 53 heavy (non-hydrogen) atoms.